The van der Waals surface area contributed by atoms with E-state index >= 15 is 0 Å². The van der Waals surface area contributed by atoms with Gasteiger partial charge in [0.05, 0.1) is 11.8 Å². The van der Waals surface area contributed by atoms with Crippen LogP contribution in [-0.2, 0) is 7.05 Å². The molecule has 1 aromatic carbocycles. The Labute approximate surface area is 106 Å². The zero-order valence-corrected chi connectivity index (χ0v) is 10.5. The molecule has 0 aliphatic heterocycles. The molecule has 0 unspecified atom stereocenters. The van der Waals surface area contributed by atoms with E-state index in [0.717, 1.165) is 0 Å². The normalized spacial score (nSPS) is 10.3. The van der Waals surface area contributed by atoms with Crippen LogP contribution in [0.5, 0.6) is 0 Å². The van der Waals surface area contributed by atoms with E-state index in [-0.39, 0.29) is 5.91 Å². The fourth-order valence-corrected chi connectivity index (χ4v) is 1.88. The van der Waals surface area contributed by atoms with Crippen molar-refractivity contribution in [1.82, 2.24) is 9.78 Å². The number of amides is 1. The maximum atomic E-state index is 12.9. The number of halogens is 2. The number of rotatable bonds is 2. The highest BCUT2D eigenvalue weighted by Gasteiger charge is 2.12. The van der Waals surface area contributed by atoms with E-state index in [1.165, 1.54) is 22.9 Å². The van der Waals surface area contributed by atoms with Crippen molar-refractivity contribution in [1.29, 1.82) is 0 Å². The Morgan fingerprint density at radius 1 is 1.47 bits per heavy atom. The average molecular weight is 298 g/mol. The molecule has 2 rings (SSSR count). The number of nitrogens with zero attached hydrogens (tertiary/aromatic N) is 2. The number of anilines is 1. The summed E-state index contributed by atoms with van der Waals surface area (Å²) in [5.41, 5.74) is 0.368. The SMILES string of the molecule is Cn1nccc1NC(=O)c1ccc(F)cc1Br. The molecular weight excluding hydrogens is 289 g/mol. The van der Waals surface area contributed by atoms with Gasteiger partial charge < -0.3 is 5.32 Å². The second-order valence-corrected chi connectivity index (χ2v) is 4.27. The fourth-order valence-electron chi connectivity index (χ4n) is 1.35. The van der Waals surface area contributed by atoms with Gasteiger partial charge in [0.15, 0.2) is 0 Å². The van der Waals surface area contributed by atoms with Crippen LogP contribution in [0.2, 0.25) is 0 Å². The Morgan fingerprint density at radius 3 is 2.82 bits per heavy atom. The van der Waals surface area contributed by atoms with Gasteiger partial charge in [0.2, 0.25) is 0 Å². The smallest absolute Gasteiger partial charge is 0.257 e. The number of carbonyl (C=O) groups excluding carboxylic acids is 1. The number of hydrogen-bond donors (Lipinski definition) is 1. The Balaban J connectivity index is 2.23. The molecule has 0 radical (unpaired) electrons. The highest BCUT2D eigenvalue weighted by Crippen LogP contribution is 2.19. The Bertz CT molecular complexity index is 568. The number of nitrogens with one attached hydrogen (secondary N) is 1. The summed E-state index contributed by atoms with van der Waals surface area (Å²) in [7, 11) is 1.72. The molecule has 1 amide bonds. The molecule has 0 saturated carbocycles. The fraction of sp³-hybridized carbons (Fsp3) is 0.0909. The third kappa shape index (κ3) is 2.52. The molecule has 2 aromatic rings. The molecule has 0 saturated heterocycles. The summed E-state index contributed by atoms with van der Waals surface area (Å²) in [5, 5.41) is 6.61. The summed E-state index contributed by atoms with van der Waals surface area (Å²) < 4.78 is 14.8. The Morgan fingerprint density at radius 2 is 2.24 bits per heavy atom. The zero-order valence-electron chi connectivity index (χ0n) is 8.95. The lowest BCUT2D eigenvalue weighted by Gasteiger charge is -2.06. The predicted molar refractivity (Wildman–Crippen MR) is 65.3 cm³/mol. The van der Waals surface area contributed by atoms with Crippen LogP contribution in [0.25, 0.3) is 0 Å². The van der Waals surface area contributed by atoms with E-state index in [4.69, 9.17) is 0 Å². The first kappa shape index (κ1) is 11.8. The van der Waals surface area contributed by atoms with Crippen molar-refractivity contribution in [3.63, 3.8) is 0 Å². The highest BCUT2D eigenvalue weighted by atomic mass is 79.9. The number of hydrogen-bond acceptors (Lipinski definition) is 2. The van der Waals surface area contributed by atoms with E-state index in [1.807, 2.05) is 0 Å². The van der Waals surface area contributed by atoms with Crippen molar-refractivity contribution in [3.8, 4) is 0 Å². The van der Waals surface area contributed by atoms with Crippen LogP contribution in [0, 0.1) is 5.82 Å². The zero-order chi connectivity index (χ0) is 12.4. The first-order chi connectivity index (χ1) is 8.08. The van der Waals surface area contributed by atoms with Gasteiger partial charge in [0.1, 0.15) is 11.6 Å². The average Bonchev–Trinajstić information content (AvgIpc) is 2.64. The second-order valence-electron chi connectivity index (χ2n) is 3.42. The van der Waals surface area contributed by atoms with Crippen LogP contribution in [0.3, 0.4) is 0 Å². The van der Waals surface area contributed by atoms with Gasteiger partial charge in [-0.1, -0.05) is 0 Å². The molecule has 0 spiro atoms. The van der Waals surface area contributed by atoms with Gasteiger partial charge in [-0.25, -0.2) is 4.39 Å². The lowest BCUT2D eigenvalue weighted by molar-refractivity contribution is 0.102. The van der Waals surface area contributed by atoms with Gasteiger partial charge in [0.25, 0.3) is 5.91 Å². The van der Waals surface area contributed by atoms with E-state index in [0.29, 0.717) is 15.9 Å². The summed E-state index contributed by atoms with van der Waals surface area (Å²) in [4.78, 5) is 11.9. The molecule has 0 aliphatic carbocycles. The van der Waals surface area contributed by atoms with Crippen LogP contribution >= 0.6 is 15.9 Å². The number of benzene rings is 1. The lowest BCUT2D eigenvalue weighted by atomic mass is 10.2. The maximum absolute atomic E-state index is 12.9. The molecule has 0 atom stereocenters. The first-order valence-electron chi connectivity index (χ1n) is 4.82. The van der Waals surface area contributed by atoms with Crippen LogP contribution in [0.15, 0.2) is 34.9 Å². The summed E-state index contributed by atoms with van der Waals surface area (Å²) >= 11 is 3.15. The Kier molecular flexibility index (Phi) is 3.23. The molecule has 1 N–H and O–H groups in total. The van der Waals surface area contributed by atoms with Crippen molar-refractivity contribution in [2.24, 2.45) is 7.05 Å². The van der Waals surface area contributed by atoms with Crippen LogP contribution in [-0.4, -0.2) is 15.7 Å². The van der Waals surface area contributed by atoms with Gasteiger partial charge in [-0.15, -0.1) is 0 Å². The van der Waals surface area contributed by atoms with Gasteiger partial charge in [-0.3, -0.25) is 9.48 Å². The molecule has 17 heavy (non-hydrogen) atoms. The van der Waals surface area contributed by atoms with E-state index in [9.17, 15) is 9.18 Å². The molecule has 0 bridgehead atoms. The molecule has 1 heterocycles. The molecule has 0 fully saturated rings. The van der Waals surface area contributed by atoms with Gasteiger partial charge in [-0.05, 0) is 34.1 Å². The molecular formula is C11H9BrFN3O. The third-order valence-corrected chi connectivity index (χ3v) is 2.89. The van der Waals surface area contributed by atoms with Crippen molar-refractivity contribution in [2.75, 3.05) is 5.32 Å². The summed E-state index contributed by atoms with van der Waals surface area (Å²) in [6.07, 6.45) is 1.58. The molecule has 0 aliphatic rings. The van der Waals surface area contributed by atoms with Crippen LogP contribution in [0.1, 0.15) is 10.4 Å². The predicted octanol–water partition coefficient (Wildman–Crippen LogP) is 2.57. The maximum Gasteiger partial charge on any atom is 0.257 e. The lowest BCUT2D eigenvalue weighted by Crippen LogP contribution is -2.15. The first-order valence-corrected chi connectivity index (χ1v) is 5.61. The van der Waals surface area contributed by atoms with Crippen molar-refractivity contribution in [2.45, 2.75) is 0 Å². The van der Waals surface area contributed by atoms with Gasteiger partial charge in [0, 0.05) is 17.6 Å². The molecule has 6 heteroatoms. The van der Waals surface area contributed by atoms with Gasteiger partial charge >= 0.3 is 0 Å². The minimum atomic E-state index is -0.394. The second kappa shape index (κ2) is 4.67. The van der Waals surface area contributed by atoms with Crippen molar-refractivity contribution < 1.29 is 9.18 Å². The topological polar surface area (TPSA) is 46.9 Å². The minimum Gasteiger partial charge on any atom is -0.307 e. The summed E-state index contributed by atoms with van der Waals surface area (Å²) in [5.74, 6) is -0.138. The largest absolute Gasteiger partial charge is 0.307 e. The van der Waals surface area contributed by atoms with Crippen molar-refractivity contribution >= 4 is 27.7 Å². The molecule has 4 nitrogen and oxygen atoms in total. The summed E-state index contributed by atoms with van der Waals surface area (Å²) in [6, 6.07) is 5.58. The highest BCUT2D eigenvalue weighted by molar-refractivity contribution is 9.10. The monoisotopic (exact) mass is 297 g/mol. The number of aromatic nitrogens is 2. The van der Waals surface area contributed by atoms with Crippen LogP contribution in [0.4, 0.5) is 10.2 Å². The van der Waals surface area contributed by atoms with E-state index in [1.54, 1.807) is 19.3 Å². The third-order valence-electron chi connectivity index (χ3n) is 2.24. The molecule has 1 aromatic heterocycles. The van der Waals surface area contributed by atoms with E-state index in [2.05, 4.69) is 26.3 Å². The number of carbonyl (C=O) groups is 1. The quantitative estimate of drug-likeness (QED) is 0.926. The standard InChI is InChI=1S/C11H9BrFN3O/c1-16-10(4-5-14-16)15-11(17)8-3-2-7(13)6-9(8)12/h2-6H,1H3,(H,15,17). The summed E-state index contributed by atoms with van der Waals surface area (Å²) in [6.45, 7) is 0. The van der Waals surface area contributed by atoms with E-state index < -0.39 is 5.82 Å². The van der Waals surface area contributed by atoms with Crippen LogP contribution < -0.4 is 5.32 Å². The molecule has 88 valence electrons. The van der Waals surface area contributed by atoms with Crippen molar-refractivity contribution in [3.05, 3.63) is 46.3 Å². The Hall–Kier alpha value is -1.69. The van der Waals surface area contributed by atoms with Gasteiger partial charge in [-0.2, -0.15) is 5.10 Å². The minimum absolute atomic E-state index is 0.319. The number of aryl methyl sites for hydroxylation is 1.